The molecule has 0 saturated carbocycles. The summed E-state index contributed by atoms with van der Waals surface area (Å²) < 4.78 is 0. The molecule has 0 aromatic heterocycles. The van der Waals surface area contributed by atoms with Gasteiger partial charge in [0.1, 0.15) is 0 Å². The van der Waals surface area contributed by atoms with Crippen LogP contribution in [-0.2, 0) is 0 Å². The van der Waals surface area contributed by atoms with Gasteiger partial charge in [-0.2, -0.15) is 0 Å². The van der Waals surface area contributed by atoms with Crippen molar-refractivity contribution in [3.63, 3.8) is 0 Å². The van der Waals surface area contributed by atoms with Crippen molar-refractivity contribution in [1.29, 1.82) is 0 Å². The van der Waals surface area contributed by atoms with E-state index in [0.29, 0.717) is 0 Å². The van der Waals surface area contributed by atoms with Gasteiger partial charge >= 0.3 is 0 Å². The van der Waals surface area contributed by atoms with Gasteiger partial charge in [0, 0.05) is 37.6 Å². The first-order valence-electron chi connectivity index (χ1n) is 8.90. The van der Waals surface area contributed by atoms with Crippen molar-refractivity contribution < 1.29 is 0 Å². The summed E-state index contributed by atoms with van der Waals surface area (Å²) in [6, 6.07) is 8.89. The Kier molecular flexibility index (Phi) is 6.52. The molecule has 1 aromatic carbocycles. The van der Waals surface area contributed by atoms with Crippen LogP contribution in [0.3, 0.4) is 0 Å². The summed E-state index contributed by atoms with van der Waals surface area (Å²) in [5, 5.41) is 0. The highest BCUT2D eigenvalue weighted by Crippen LogP contribution is 2.22. The number of nitrogens with zero attached hydrogens (tertiary/aromatic N) is 2. The molecule has 0 heterocycles. The number of benzene rings is 1. The Hall–Kier alpha value is -1.96. The highest BCUT2D eigenvalue weighted by molar-refractivity contribution is 5.61. The van der Waals surface area contributed by atoms with E-state index in [0.717, 1.165) is 32.6 Å². The predicted molar refractivity (Wildman–Crippen MR) is 103 cm³/mol. The number of hydrogen-bond donors (Lipinski definition) is 0. The fraction of sp³-hybridized carbons (Fsp3) is 0.429. The van der Waals surface area contributed by atoms with Gasteiger partial charge in [-0.1, -0.05) is 30.4 Å². The number of hydrogen-bond acceptors (Lipinski definition) is 2. The molecule has 0 N–H and O–H groups in total. The summed E-state index contributed by atoms with van der Waals surface area (Å²) >= 11 is 0. The van der Waals surface area contributed by atoms with Crippen LogP contribution in [0.25, 0.3) is 6.08 Å². The standard InChI is InChI=1S/C21H30N2/c1-5-22(6-2)20-13-9-18(10-14-20)17-19-11-15-21(16-12-19)23(7-3)8-4/h9-11,13-17H,5-8,12H2,1-4H3/b19-17+. The molecular formula is C21H30N2. The van der Waals surface area contributed by atoms with Crippen molar-refractivity contribution in [2.24, 2.45) is 0 Å². The molecular weight excluding hydrogens is 280 g/mol. The summed E-state index contributed by atoms with van der Waals surface area (Å²) in [4.78, 5) is 4.77. The number of anilines is 1. The van der Waals surface area contributed by atoms with Crippen molar-refractivity contribution in [3.8, 4) is 0 Å². The Bertz CT molecular complexity index is 570. The van der Waals surface area contributed by atoms with Crippen molar-refractivity contribution in [2.75, 3.05) is 31.1 Å². The fourth-order valence-corrected chi connectivity index (χ4v) is 3.07. The Morgan fingerprint density at radius 2 is 1.43 bits per heavy atom. The Morgan fingerprint density at radius 3 is 1.91 bits per heavy atom. The summed E-state index contributed by atoms with van der Waals surface area (Å²) in [5.74, 6) is 0. The first-order chi connectivity index (χ1) is 11.2. The third kappa shape index (κ3) is 4.51. The molecule has 0 atom stereocenters. The van der Waals surface area contributed by atoms with Crippen LogP contribution in [0, 0.1) is 0 Å². The highest BCUT2D eigenvalue weighted by Gasteiger charge is 2.07. The molecule has 0 aliphatic heterocycles. The van der Waals surface area contributed by atoms with Gasteiger partial charge in [0.2, 0.25) is 0 Å². The normalized spacial score (nSPS) is 15.7. The molecule has 2 rings (SSSR count). The third-order valence-electron chi connectivity index (χ3n) is 4.52. The maximum atomic E-state index is 2.39. The lowest BCUT2D eigenvalue weighted by atomic mass is 10.0. The van der Waals surface area contributed by atoms with Gasteiger partial charge in [-0.3, -0.25) is 0 Å². The molecule has 0 amide bonds. The lowest BCUT2D eigenvalue weighted by Gasteiger charge is -2.24. The number of rotatable bonds is 7. The monoisotopic (exact) mass is 310 g/mol. The number of allylic oxidation sites excluding steroid dienone is 4. The minimum Gasteiger partial charge on any atom is -0.372 e. The zero-order chi connectivity index (χ0) is 16.7. The van der Waals surface area contributed by atoms with Crippen LogP contribution in [0.2, 0.25) is 0 Å². The van der Waals surface area contributed by atoms with Crippen molar-refractivity contribution in [2.45, 2.75) is 34.1 Å². The Morgan fingerprint density at radius 1 is 0.826 bits per heavy atom. The predicted octanol–water partition coefficient (Wildman–Crippen LogP) is 5.10. The maximum absolute atomic E-state index is 2.39. The van der Waals surface area contributed by atoms with E-state index >= 15 is 0 Å². The first-order valence-corrected chi connectivity index (χ1v) is 8.90. The minimum absolute atomic E-state index is 1.01. The van der Waals surface area contributed by atoms with Gasteiger partial charge in [-0.05, 0) is 63.5 Å². The van der Waals surface area contributed by atoms with Gasteiger partial charge in [0.25, 0.3) is 0 Å². The molecule has 0 bridgehead atoms. The molecule has 0 unspecified atom stereocenters. The van der Waals surface area contributed by atoms with Crippen molar-refractivity contribution >= 4 is 11.8 Å². The molecule has 1 aromatic rings. The summed E-state index contributed by atoms with van der Waals surface area (Å²) in [5.41, 5.74) is 5.31. The topological polar surface area (TPSA) is 6.48 Å². The van der Waals surface area contributed by atoms with Crippen LogP contribution in [0.15, 0.2) is 53.8 Å². The quantitative estimate of drug-likeness (QED) is 0.691. The summed E-state index contributed by atoms with van der Waals surface area (Å²) in [7, 11) is 0. The summed E-state index contributed by atoms with van der Waals surface area (Å²) in [6.45, 7) is 13.1. The largest absolute Gasteiger partial charge is 0.372 e. The van der Waals surface area contributed by atoms with E-state index in [2.05, 4.69) is 86.1 Å². The van der Waals surface area contributed by atoms with Crippen molar-refractivity contribution in [3.05, 3.63) is 59.3 Å². The molecule has 124 valence electrons. The summed E-state index contributed by atoms with van der Waals surface area (Å²) in [6.07, 6.45) is 10.1. The molecule has 0 radical (unpaired) electrons. The van der Waals surface area contributed by atoms with Crippen LogP contribution >= 0.6 is 0 Å². The molecule has 23 heavy (non-hydrogen) atoms. The van der Waals surface area contributed by atoms with E-state index in [4.69, 9.17) is 0 Å². The molecule has 2 nitrogen and oxygen atoms in total. The average molecular weight is 310 g/mol. The molecule has 2 heteroatoms. The fourth-order valence-electron chi connectivity index (χ4n) is 3.07. The Balaban J connectivity index is 2.05. The zero-order valence-corrected chi connectivity index (χ0v) is 15.0. The third-order valence-corrected chi connectivity index (χ3v) is 4.52. The van der Waals surface area contributed by atoms with Crippen molar-refractivity contribution in [1.82, 2.24) is 4.90 Å². The minimum atomic E-state index is 1.01. The van der Waals surface area contributed by atoms with E-state index in [1.54, 1.807) is 0 Å². The zero-order valence-electron chi connectivity index (χ0n) is 15.0. The van der Waals surface area contributed by atoms with Crippen LogP contribution < -0.4 is 4.90 Å². The second-order valence-electron chi connectivity index (χ2n) is 5.82. The van der Waals surface area contributed by atoms with Gasteiger partial charge in [0.15, 0.2) is 0 Å². The molecule has 1 aliphatic rings. The van der Waals surface area contributed by atoms with E-state index in [9.17, 15) is 0 Å². The Labute approximate surface area is 141 Å². The van der Waals surface area contributed by atoms with Gasteiger partial charge in [-0.25, -0.2) is 0 Å². The van der Waals surface area contributed by atoms with Gasteiger partial charge in [0.05, 0.1) is 0 Å². The number of likely N-dealkylation sites (N-methyl/N-ethyl adjacent to an activating group) is 1. The highest BCUT2D eigenvalue weighted by atomic mass is 15.1. The van der Waals surface area contributed by atoms with Crippen LogP contribution in [0.5, 0.6) is 0 Å². The lowest BCUT2D eigenvalue weighted by Crippen LogP contribution is -2.21. The molecule has 1 aliphatic carbocycles. The van der Waals surface area contributed by atoms with Crippen LogP contribution in [0.4, 0.5) is 5.69 Å². The first kappa shape index (κ1) is 17.4. The second kappa shape index (κ2) is 8.61. The van der Waals surface area contributed by atoms with E-state index < -0.39 is 0 Å². The van der Waals surface area contributed by atoms with Crippen LogP contribution in [0.1, 0.15) is 39.7 Å². The second-order valence-corrected chi connectivity index (χ2v) is 5.82. The smallest absolute Gasteiger partial charge is 0.0366 e. The van der Waals surface area contributed by atoms with Gasteiger partial charge < -0.3 is 9.80 Å². The van der Waals surface area contributed by atoms with Gasteiger partial charge in [-0.15, -0.1) is 0 Å². The molecule has 0 saturated heterocycles. The molecule has 0 fully saturated rings. The van der Waals surface area contributed by atoms with E-state index in [1.807, 2.05) is 0 Å². The van der Waals surface area contributed by atoms with E-state index in [1.165, 1.54) is 22.5 Å². The van der Waals surface area contributed by atoms with E-state index in [-0.39, 0.29) is 0 Å². The lowest BCUT2D eigenvalue weighted by molar-refractivity contribution is 0.392. The SMILES string of the molecule is CCN(CC)C1=CC/C(=C/c2ccc(N(CC)CC)cc2)C=C1. The average Bonchev–Trinajstić information content (AvgIpc) is 2.60. The maximum Gasteiger partial charge on any atom is 0.0366 e. The molecule has 0 spiro atoms. The van der Waals surface area contributed by atoms with Crippen LogP contribution in [-0.4, -0.2) is 31.1 Å².